The third kappa shape index (κ3) is 2.66. The third-order valence-electron chi connectivity index (χ3n) is 3.27. The molecule has 2 heterocycles. The van der Waals surface area contributed by atoms with Crippen LogP contribution < -0.4 is 16.0 Å². The number of hydrogen-bond donors (Lipinski definition) is 2. The maximum atomic E-state index is 5.84. The standard InChI is InChI=1S/C12H21N5/c1-9-15-11(14-2)7-12(16-9)17-6-4-3-5-10(17)8-13/h7,10H,3-6,8,13H2,1-2H3,(H,14,15,16). The van der Waals surface area contributed by atoms with E-state index in [1.54, 1.807) is 0 Å². The lowest BCUT2D eigenvalue weighted by Gasteiger charge is -2.36. The molecule has 1 aromatic heterocycles. The van der Waals surface area contributed by atoms with Crippen molar-refractivity contribution in [3.63, 3.8) is 0 Å². The highest BCUT2D eigenvalue weighted by Gasteiger charge is 2.22. The van der Waals surface area contributed by atoms with Gasteiger partial charge in [0, 0.05) is 32.2 Å². The van der Waals surface area contributed by atoms with Gasteiger partial charge in [-0.1, -0.05) is 0 Å². The summed E-state index contributed by atoms with van der Waals surface area (Å²) in [5.74, 6) is 2.67. The molecule has 1 atom stereocenters. The molecule has 0 saturated carbocycles. The molecular weight excluding hydrogens is 214 g/mol. The third-order valence-corrected chi connectivity index (χ3v) is 3.27. The average Bonchev–Trinajstić information content (AvgIpc) is 2.37. The van der Waals surface area contributed by atoms with E-state index in [4.69, 9.17) is 5.73 Å². The summed E-state index contributed by atoms with van der Waals surface area (Å²) in [5.41, 5.74) is 5.84. The van der Waals surface area contributed by atoms with Gasteiger partial charge in [0.05, 0.1) is 0 Å². The molecule has 1 fully saturated rings. The van der Waals surface area contributed by atoms with Crippen molar-refractivity contribution in [1.82, 2.24) is 9.97 Å². The smallest absolute Gasteiger partial charge is 0.134 e. The zero-order valence-corrected chi connectivity index (χ0v) is 10.6. The van der Waals surface area contributed by atoms with Crippen LogP contribution in [0.4, 0.5) is 11.6 Å². The van der Waals surface area contributed by atoms with E-state index in [0.29, 0.717) is 12.6 Å². The van der Waals surface area contributed by atoms with E-state index in [9.17, 15) is 0 Å². The number of rotatable bonds is 3. The highest BCUT2D eigenvalue weighted by molar-refractivity contribution is 5.50. The molecule has 1 aromatic rings. The van der Waals surface area contributed by atoms with Gasteiger partial charge < -0.3 is 16.0 Å². The van der Waals surface area contributed by atoms with E-state index in [0.717, 1.165) is 30.4 Å². The van der Waals surface area contributed by atoms with Crippen molar-refractivity contribution in [3.05, 3.63) is 11.9 Å². The lowest BCUT2D eigenvalue weighted by Crippen LogP contribution is -2.44. The number of nitrogens with zero attached hydrogens (tertiary/aromatic N) is 3. The van der Waals surface area contributed by atoms with Crippen molar-refractivity contribution >= 4 is 11.6 Å². The number of piperidine rings is 1. The van der Waals surface area contributed by atoms with Crippen LogP contribution in [-0.2, 0) is 0 Å². The largest absolute Gasteiger partial charge is 0.373 e. The Kier molecular flexibility index (Phi) is 3.78. The van der Waals surface area contributed by atoms with Crippen LogP contribution in [0.3, 0.4) is 0 Å². The Morgan fingerprint density at radius 1 is 1.47 bits per heavy atom. The molecule has 0 aromatic carbocycles. The fraction of sp³-hybridized carbons (Fsp3) is 0.667. The van der Waals surface area contributed by atoms with Crippen LogP contribution in [0.5, 0.6) is 0 Å². The fourth-order valence-corrected chi connectivity index (χ4v) is 2.37. The van der Waals surface area contributed by atoms with Crippen molar-refractivity contribution in [3.8, 4) is 0 Å². The van der Waals surface area contributed by atoms with Crippen molar-refractivity contribution in [2.75, 3.05) is 30.4 Å². The van der Waals surface area contributed by atoms with Crippen molar-refractivity contribution in [2.24, 2.45) is 5.73 Å². The summed E-state index contributed by atoms with van der Waals surface area (Å²) in [7, 11) is 1.88. The molecule has 1 aliphatic heterocycles. The first kappa shape index (κ1) is 12.1. The molecule has 94 valence electrons. The molecule has 5 nitrogen and oxygen atoms in total. The number of nitrogens with two attached hydrogens (primary N) is 1. The molecule has 2 rings (SSSR count). The topological polar surface area (TPSA) is 67.1 Å². The fourth-order valence-electron chi connectivity index (χ4n) is 2.37. The predicted octanol–water partition coefficient (Wildman–Crippen LogP) is 1.14. The van der Waals surface area contributed by atoms with Crippen molar-refractivity contribution in [2.45, 2.75) is 32.2 Å². The molecule has 3 N–H and O–H groups in total. The lowest BCUT2D eigenvalue weighted by molar-refractivity contribution is 0.461. The Hall–Kier alpha value is -1.36. The second-order valence-corrected chi connectivity index (χ2v) is 4.49. The summed E-state index contributed by atoms with van der Waals surface area (Å²) >= 11 is 0. The number of aromatic nitrogens is 2. The molecule has 0 bridgehead atoms. The molecule has 1 aliphatic rings. The molecule has 5 heteroatoms. The van der Waals surface area contributed by atoms with E-state index in [1.807, 2.05) is 20.0 Å². The van der Waals surface area contributed by atoms with Crippen LogP contribution >= 0.6 is 0 Å². The second-order valence-electron chi connectivity index (χ2n) is 4.49. The van der Waals surface area contributed by atoms with Gasteiger partial charge >= 0.3 is 0 Å². The van der Waals surface area contributed by atoms with Gasteiger partial charge in [-0.25, -0.2) is 9.97 Å². The number of aryl methyl sites for hydroxylation is 1. The SMILES string of the molecule is CNc1cc(N2CCCCC2CN)nc(C)n1. The average molecular weight is 235 g/mol. The Balaban J connectivity index is 2.27. The highest BCUT2D eigenvalue weighted by Crippen LogP contribution is 2.24. The summed E-state index contributed by atoms with van der Waals surface area (Å²) in [4.78, 5) is 11.2. The summed E-state index contributed by atoms with van der Waals surface area (Å²) in [6, 6.07) is 2.42. The van der Waals surface area contributed by atoms with Crippen LogP contribution in [0, 0.1) is 6.92 Å². The van der Waals surface area contributed by atoms with Crippen LogP contribution in [0.2, 0.25) is 0 Å². The molecule has 1 saturated heterocycles. The van der Waals surface area contributed by atoms with Crippen LogP contribution in [0.25, 0.3) is 0 Å². The zero-order valence-electron chi connectivity index (χ0n) is 10.6. The number of hydrogen-bond acceptors (Lipinski definition) is 5. The minimum Gasteiger partial charge on any atom is -0.373 e. The molecule has 0 spiro atoms. The van der Waals surface area contributed by atoms with E-state index in [2.05, 4.69) is 20.2 Å². The van der Waals surface area contributed by atoms with Gasteiger partial charge in [-0.3, -0.25) is 0 Å². The second kappa shape index (κ2) is 5.31. The molecular formula is C12H21N5. The van der Waals surface area contributed by atoms with Crippen LogP contribution in [0.1, 0.15) is 25.1 Å². The summed E-state index contributed by atoms with van der Waals surface area (Å²) in [6.07, 6.45) is 3.64. The van der Waals surface area contributed by atoms with E-state index in [-0.39, 0.29) is 0 Å². The van der Waals surface area contributed by atoms with E-state index >= 15 is 0 Å². The quantitative estimate of drug-likeness (QED) is 0.822. The summed E-state index contributed by atoms with van der Waals surface area (Å²) < 4.78 is 0. The number of nitrogens with one attached hydrogen (secondary N) is 1. The normalized spacial score (nSPS) is 20.4. The monoisotopic (exact) mass is 235 g/mol. The Morgan fingerprint density at radius 3 is 3.00 bits per heavy atom. The minimum atomic E-state index is 0.419. The summed E-state index contributed by atoms with van der Waals surface area (Å²) in [5, 5.41) is 3.07. The first-order chi connectivity index (χ1) is 8.24. The van der Waals surface area contributed by atoms with Crippen molar-refractivity contribution < 1.29 is 0 Å². The maximum Gasteiger partial charge on any atom is 0.134 e. The van der Waals surface area contributed by atoms with E-state index < -0.39 is 0 Å². The van der Waals surface area contributed by atoms with Gasteiger partial charge in [0.2, 0.25) is 0 Å². The Morgan fingerprint density at radius 2 is 2.29 bits per heavy atom. The maximum absolute atomic E-state index is 5.84. The molecule has 1 unspecified atom stereocenters. The van der Waals surface area contributed by atoms with Gasteiger partial charge in [-0.15, -0.1) is 0 Å². The van der Waals surface area contributed by atoms with Gasteiger partial charge in [0.15, 0.2) is 0 Å². The van der Waals surface area contributed by atoms with Gasteiger partial charge in [-0.2, -0.15) is 0 Å². The van der Waals surface area contributed by atoms with Gasteiger partial charge in [0.25, 0.3) is 0 Å². The first-order valence-corrected chi connectivity index (χ1v) is 6.24. The van der Waals surface area contributed by atoms with E-state index in [1.165, 1.54) is 12.8 Å². The lowest BCUT2D eigenvalue weighted by atomic mass is 10.0. The zero-order chi connectivity index (χ0) is 12.3. The van der Waals surface area contributed by atoms with Crippen LogP contribution in [-0.4, -0.2) is 36.1 Å². The van der Waals surface area contributed by atoms with Crippen LogP contribution in [0.15, 0.2) is 6.07 Å². The number of anilines is 2. The Bertz CT molecular complexity index is 379. The Labute approximate surface area is 102 Å². The highest BCUT2D eigenvalue weighted by atomic mass is 15.2. The van der Waals surface area contributed by atoms with Crippen molar-refractivity contribution in [1.29, 1.82) is 0 Å². The van der Waals surface area contributed by atoms with Gasteiger partial charge in [0.1, 0.15) is 17.5 Å². The molecule has 0 aliphatic carbocycles. The summed E-state index contributed by atoms with van der Waals surface area (Å²) in [6.45, 7) is 3.66. The predicted molar refractivity (Wildman–Crippen MR) is 70.4 cm³/mol. The van der Waals surface area contributed by atoms with Gasteiger partial charge in [-0.05, 0) is 26.2 Å². The first-order valence-electron chi connectivity index (χ1n) is 6.24. The minimum absolute atomic E-state index is 0.419. The molecule has 17 heavy (non-hydrogen) atoms. The molecule has 0 amide bonds. The molecule has 0 radical (unpaired) electrons.